The lowest BCUT2D eigenvalue weighted by atomic mass is 10.0. The van der Waals surface area contributed by atoms with Crippen LogP contribution in [0.15, 0.2) is 24.3 Å². The highest BCUT2D eigenvalue weighted by molar-refractivity contribution is 6.74. The molecule has 0 saturated carbocycles. The summed E-state index contributed by atoms with van der Waals surface area (Å²) >= 11 is 0. The molecule has 1 rings (SSSR count). The molecule has 0 N–H and O–H groups in total. The summed E-state index contributed by atoms with van der Waals surface area (Å²) in [5, 5.41) is 0.252. The van der Waals surface area contributed by atoms with Gasteiger partial charge in [-0.1, -0.05) is 45.1 Å². The molecule has 1 saturated heterocycles. The smallest absolute Gasteiger partial charge is 0.412 e. The summed E-state index contributed by atoms with van der Waals surface area (Å²) in [6, 6.07) is 0. The Kier molecular flexibility index (Phi) is 9.18. The molecule has 0 unspecified atom stereocenters. The van der Waals surface area contributed by atoms with Crippen LogP contribution in [0.1, 0.15) is 67.7 Å². The van der Waals surface area contributed by atoms with Crippen LogP contribution in [0.3, 0.4) is 0 Å². The lowest BCUT2D eigenvalue weighted by Crippen LogP contribution is -2.52. The van der Waals surface area contributed by atoms with Crippen molar-refractivity contribution in [3.05, 3.63) is 24.3 Å². The molecule has 0 aromatic rings. The number of ether oxygens (including phenoxy) is 2. The van der Waals surface area contributed by atoms with E-state index in [0.717, 1.165) is 19.3 Å². The molecule has 0 aromatic heterocycles. The predicted molar refractivity (Wildman–Crippen MR) is 123 cm³/mol. The molecule has 29 heavy (non-hydrogen) atoms. The van der Waals surface area contributed by atoms with Gasteiger partial charge < -0.3 is 13.9 Å². The molecule has 1 aliphatic heterocycles. The first kappa shape index (κ1) is 25.9. The van der Waals surface area contributed by atoms with Crippen LogP contribution in [0, 0.1) is 0 Å². The van der Waals surface area contributed by atoms with E-state index in [4.69, 9.17) is 13.9 Å². The highest BCUT2D eigenvalue weighted by Crippen LogP contribution is 2.36. The van der Waals surface area contributed by atoms with Crippen LogP contribution in [0.2, 0.25) is 18.1 Å². The van der Waals surface area contributed by atoms with E-state index in [1.165, 1.54) is 0 Å². The average molecular weight is 426 g/mol. The Morgan fingerprint density at radius 3 is 2.07 bits per heavy atom. The van der Waals surface area contributed by atoms with Gasteiger partial charge in [-0.05, 0) is 65.1 Å². The zero-order valence-corrected chi connectivity index (χ0v) is 21.1. The molecule has 0 bridgehead atoms. The second-order valence-corrected chi connectivity index (χ2v) is 15.2. The standard InChI is InChI=1S/C23H43NO4Si/c1-21(2,3)29(8,9)28-18-16-14-12-10-11-13-15-17-26-20(25)24-22(4,5)19-27-23(24,6)7/h13-16H,10-12,17-19H2,1-9H3/b15-13+,16-14+. The lowest BCUT2D eigenvalue weighted by Gasteiger charge is -2.36. The molecule has 168 valence electrons. The maximum Gasteiger partial charge on any atom is 0.412 e. The second-order valence-electron chi connectivity index (χ2n) is 10.4. The van der Waals surface area contributed by atoms with Crippen molar-refractivity contribution in [2.45, 2.75) is 97.1 Å². The number of amides is 1. The van der Waals surface area contributed by atoms with E-state index < -0.39 is 14.0 Å². The van der Waals surface area contributed by atoms with Crippen molar-refractivity contribution in [2.24, 2.45) is 0 Å². The zero-order valence-electron chi connectivity index (χ0n) is 20.1. The van der Waals surface area contributed by atoms with Crippen molar-refractivity contribution in [3.63, 3.8) is 0 Å². The average Bonchev–Trinajstić information content (AvgIpc) is 2.79. The van der Waals surface area contributed by atoms with Gasteiger partial charge >= 0.3 is 6.09 Å². The van der Waals surface area contributed by atoms with E-state index >= 15 is 0 Å². The quantitative estimate of drug-likeness (QED) is 0.248. The molecule has 0 spiro atoms. The van der Waals surface area contributed by atoms with Gasteiger partial charge in [0.05, 0.1) is 18.8 Å². The Morgan fingerprint density at radius 1 is 1.03 bits per heavy atom. The third kappa shape index (κ3) is 7.91. The zero-order chi connectivity index (χ0) is 22.3. The molecule has 5 nitrogen and oxygen atoms in total. The molecular formula is C23H43NO4Si. The molecular weight excluding hydrogens is 382 g/mol. The van der Waals surface area contributed by atoms with Crippen molar-refractivity contribution in [1.29, 1.82) is 0 Å². The van der Waals surface area contributed by atoms with E-state index in [2.05, 4.69) is 52.1 Å². The SMILES string of the molecule is CC1(C)COC(C)(C)N1C(=O)OC/C=C/CCC/C=C/CO[Si](C)(C)C(C)(C)C. The van der Waals surface area contributed by atoms with E-state index in [-0.39, 0.29) is 23.3 Å². The van der Waals surface area contributed by atoms with Gasteiger partial charge in [0.2, 0.25) is 0 Å². The third-order valence-corrected chi connectivity index (χ3v) is 10.3. The van der Waals surface area contributed by atoms with Crippen LogP contribution in [0.4, 0.5) is 4.79 Å². The van der Waals surface area contributed by atoms with Crippen molar-refractivity contribution in [3.8, 4) is 0 Å². The number of hydrogen-bond donors (Lipinski definition) is 0. The summed E-state index contributed by atoms with van der Waals surface area (Å²) in [5.41, 5.74) is -0.990. The van der Waals surface area contributed by atoms with Gasteiger partial charge in [0.15, 0.2) is 8.32 Å². The molecule has 0 aliphatic carbocycles. The fraction of sp³-hybridized carbons (Fsp3) is 0.783. The summed E-state index contributed by atoms with van der Waals surface area (Å²) in [6.07, 6.45) is 11.1. The Labute approximate surface area is 179 Å². The summed E-state index contributed by atoms with van der Waals surface area (Å²) in [6.45, 7) is 20.6. The molecule has 0 radical (unpaired) electrons. The second kappa shape index (κ2) is 10.3. The fourth-order valence-corrected chi connectivity index (χ4v) is 4.01. The normalized spacial score (nSPS) is 19.4. The third-order valence-electron chi connectivity index (χ3n) is 5.83. The molecule has 0 aromatic carbocycles. The van der Waals surface area contributed by atoms with E-state index in [9.17, 15) is 4.79 Å². The molecule has 6 heteroatoms. The minimum absolute atomic E-state index is 0.252. The fourth-order valence-electron chi connectivity index (χ4n) is 3.06. The van der Waals surface area contributed by atoms with Gasteiger partial charge in [-0.15, -0.1) is 0 Å². The number of carbonyl (C=O) groups excluding carboxylic acids is 1. The number of unbranched alkanes of at least 4 members (excludes halogenated alkanes) is 2. The van der Waals surface area contributed by atoms with Crippen molar-refractivity contribution in [1.82, 2.24) is 4.90 Å². The van der Waals surface area contributed by atoms with Crippen LogP contribution in [0.25, 0.3) is 0 Å². The molecule has 1 fully saturated rings. The molecule has 1 amide bonds. The number of carbonyl (C=O) groups is 1. The summed E-state index contributed by atoms with van der Waals surface area (Å²) < 4.78 is 17.3. The number of nitrogens with zero attached hydrogens (tertiary/aromatic N) is 1. The first-order chi connectivity index (χ1) is 13.2. The summed E-state index contributed by atoms with van der Waals surface area (Å²) in [7, 11) is -1.65. The van der Waals surface area contributed by atoms with Gasteiger partial charge in [0.1, 0.15) is 12.3 Å². The maximum atomic E-state index is 12.4. The monoisotopic (exact) mass is 425 g/mol. The summed E-state index contributed by atoms with van der Waals surface area (Å²) in [4.78, 5) is 14.1. The number of allylic oxidation sites excluding steroid dienone is 2. The van der Waals surface area contributed by atoms with Gasteiger partial charge in [0.25, 0.3) is 0 Å². The van der Waals surface area contributed by atoms with Crippen LogP contribution in [0.5, 0.6) is 0 Å². The number of rotatable bonds is 9. The van der Waals surface area contributed by atoms with Crippen LogP contribution in [-0.4, -0.2) is 50.4 Å². The number of hydrogen-bond acceptors (Lipinski definition) is 4. The van der Waals surface area contributed by atoms with Crippen molar-refractivity contribution >= 4 is 14.4 Å². The lowest BCUT2D eigenvalue weighted by molar-refractivity contribution is -0.0503. The Bertz CT molecular complexity index is 572. The van der Waals surface area contributed by atoms with Gasteiger partial charge in [-0.3, -0.25) is 4.90 Å². The molecule has 1 aliphatic rings. The Balaban J connectivity index is 2.19. The van der Waals surface area contributed by atoms with E-state index in [1.807, 2.05) is 33.8 Å². The largest absolute Gasteiger partial charge is 0.445 e. The van der Waals surface area contributed by atoms with E-state index in [0.29, 0.717) is 13.2 Å². The highest BCUT2D eigenvalue weighted by atomic mass is 28.4. The molecule has 0 atom stereocenters. The molecule has 1 heterocycles. The highest BCUT2D eigenvalue weighted by Gasteiger charge is 2.49. The van der Waals surface area contributed by atoms with Crippen LogP contribution < -0.4 is 0 Å². The van der Waals surface area contributed by atoms with Crippen LogP contribution >= 0.6 is 0 Å². The van der Waals surface area contributed by atoms with Gasteiger partial charge in [0, 0.05) is 0 Å². The Morgan fingerprint density at radius 2 is 1.59 bits per heavy atom. The minimum atomic E-state index is -1.65. The van der Waals surface area contributed by atoms with E-state index in [1.54, 1.807) is 4.90 Å². The predicted octanol–water partition coefficient (Wildman–Crippen LogP) is 6.27. The van der Waals surface area contributed by atoms with Gasteiger partial charge in [-0.25, -0.2) is 4.79 Å². The van der Waals surface area contributed by atoms with Crippen molar-refractivity contribution < 1.29 is 18.7 Å². The van der Waals surface area contributed by atoms with Gasteiger partial charge in [-0.2, -0.15) is 0 Å². The topological polar surface area (TPSA) is 48.0 Å². The summed E-state index contributed by atoms with van der Waals surface area (Å²) in [5.74, 6) is 0. The maximum absolute atomic E-state index is 12.4. The van der Waals surface area contributed by atoms with Crippen molar-refractivity contribution in [2.75, 3.05) is 19.8 Å². The van der Waals surface area contributed by atoms with Crippen LogP contribution in [-0.2, 0) is 13.9 Å². The first-order valence-electron chi connectivity index (χ1n) is 10.8. The first-order valence-corrected chi connectivity index (χ1v) is 13.7. The Hall–Kier alpha value is -1.11. The minimum Gasteiger partial charge on any atom is -0.445 e.